The van der Waals surface area contributed by atoms with Crippen LogP contribution >= 0.6 is 11.6 Å². The molecular weight excluding hydrogens is 823 g/mol. The van der Waals surface area contributed by atoms with Crippen molar-refractivity contribution in [3.8, 4) is 5.75 Å². The summed E-state index contributed by atoms with van der Waals surface area (Å²) in [5, 5.41) is 50.0. The number of allylic oxidation sites excluding steroid dienone is 4. The summed E-state index contributed by atoms with van der Waals surface area (Å²) in [6.07, 6.45) is 10.1. The lowest BCUT2D eigenvalue weighted by Crippen LogP contribution is -2.69. The molecule has 12 heteroatoms. The van der Waals surface area contributed by atoms with Crippen LogP contribution in [0.15, 0.2) is 152 Å². The molecule has 5 aromatic rings. The highest BCUT2D eigenvalue weighted by Crippen LogP contribution is 2.70. The van der Waals surface area contributed by atoms with E-state index in [0.29, 0.717) is 24.8 Å². The smallest absolute Gasteiger partial charge is 0.339 e. The van der Waals surface area contributed by atoms with Crippen LogP contribution in [-0.4, -0.2) is 76.6 Å². The number of hydrogen-bond acceptors (Lipinski definition) is 8. The highest BCUT2D eigenvalue weighted by Gasteiger charge is 2.75. The molecule has 0 aliphatic heterocycles. The number of fused-ring (bicyclic) bond motifs is 5. The molecular formula is C51H52ClFN2O8. The van der Waals surface area contributed by atoms with Crippen LogP contribution in [0, 0.1) is 28.6 Å². The predicted molar refractivity (Wildman–Crippen MR) is 237 cm³/mol. The standard InChI is InChI=1S/C22H17ClN2.C22H29FO5.C7H6O3/c23-21-14-8-7-13-20(21)22(25-16-15-24-17-25,18-9-3-1-4-10-18)19-11-5-2-6-12-19;1-12-8-16-15-5-4-13-9-14(25)6-7-19(13,2)21(15,23)17(26)10-20(16,3)22(12,28)18(27)11-24;8-6-4-2-1-3-5(6)7(9)10/h1-17H;6-7,9,12,15-17,24,26,28H,4-5,8,10-11H2,1-3H3;1-4,8H,(H,9,10)/t;12-,15-,16-,17-,19-,20-,21-,22-;/m.0./s1. The highest BCUT2D eigenvalue weighted by molar-refractivity contribution is 6.31. The van der Waals surface area contributed by atoms with Crippen molar-refractivity contribution >= 4 is 29.1 Å². The Balaban J connectivity index is 0.000000156. The fraction of sp³-hybridized carbons (Fsp3) is 0.333. The quantitative estimate of drug-likeness (QED) is 0.101. The minimum atomic E-state index is -1.98. The number of aromatic nitrogens is 2. The SMILES string of the molecule is C[C@H]1C[C@H]2[C@@H]3CCC4=CC(=O)C=C[C@]4(C)[C@@]3(F)[C@@H](O)C[C@]2(C)[C@@]1(O)C(=O)CO.Clc1ccccc1C(c1ccccc1)(c1ccccc1)n1ccnc1.O=C(O)c1ccccc1O. The summed E-state index contributed by atoms with van der Waals surface area (Å²) >= 11 is 6.69. The van der Waals surface area contributed by atoms with Gasteiger partial charge in [0, 0.05) is 39.7 Å². The zero-order chi connectivity index (χ0) is 45.4. The number of alkyl halides is 1. The van der Waals surface area contributed by atoms with Crippen LogP contribution in [0.2, 0.25) is 5.02 Å². The van der Waals surface area contributed by atoms with Gasteiger partial charge in [-0.3, -0.25) is 9.59 Å². The van der Waals surface area contributed by atoms with Gasteiger partial charge in [0.25, 0.3) is 0 Å². The van der Waals surface area contributed by atoms with E-state index in [1.807, 2.05) is 42.9 Å². The molecule has 63 heavy (non-hydrogen) atoms. The van der Waals surface area contributed by atoms with Crippen LogP contribution in [-0.2, 0) is 15.1 Å². The molecule has 0 radical (unpaired) electrons. The number of imidazole rings is 1. The molecule has 5 N–H and O–H groups in total. The number of carbonyl (C=O) groups is 3. The summed E-state index contributed by atoms with van der Waals surface area (Å²) in [6.45, 7) is 4.48. The number of aromatic carboxylic acids is 1. The summed E-state index contributed by atoms with van der Waals surface area (Å²) in [7, 11) is 0. The molecule has 0 spiro atoms. The van der Waals surface area contributed by atoms with Crippen molar-refractivity contribution in [1.29, 1.82) is 0 Å². The molecule has 8 atom stereocenters. The molecule has 1 aromatic heterocycles. The van der Waals surface area contributed by atoms with Crippen molar-refractivity contribution in [2.24, 2.45) is 28.6 Å². The maximum atomic E-state index is 16.9. The van der Waals surface area contributed by atoms with E-state index in [0.717, 1.165) is 21.7 Å². The lowest BCUT2D eigenvalue weighted by Gasteiger charge is -2.62. The minimum absolute atomic E-state index is 0.0671. The number of rotatable bonds is 7. The Hall–Kier alpha value is -5.72. The monoisotopic (exact) mass is 874 g/mol. The maximum absolute atomic E-state index is 16.9. The Labute approximate surface area is 371 Å². The first-order chi connectivity index (χ1) is 30.0. The number of carbonyl (C=O) groups excluding carboxylic acids is 2. The normalized spacial score (nSPS) is 29.3. The second-order valence-corrected chi connectivity index (χ2v) is 17.9. The third kappa shape index (κ3) is 7.25. The number of aliphatic hydroxyl groups excluding tert-OH is 2. The maximum Gasteiger partial charge on any atom is 0.339 e. The number of carboxylic acids is 1. The van der Waals surface area contributed by atoms with Crippen LogP contribution in [0.3, 0.4) is 0 Å². The van der Waals surface area contributed by atoms with Gasteiger partial charge in [-0.05, 0) is 85.9 Å². The Kier molecular flexibility index (Phi) is 12.5. The van der Waals surface area contributed by atoms with E-state index in [1.54, 1.807) is 45.2 Å². The van der Waals surface area contributed by atoms with Crippen LogP contribution in [0.25, 0.3) is 0 Å². The van der Waals surface area contributed by atoms with Gasteiger partial charge in [0.15, 0.2) is 17.2 Å². The first-order valence-corrected chi connectivity index (χ1v) is 21.4. The van der Waals surface area contributed by atoms with Crippen molar-refractivity contribution in [3.05, 3.63) is 179 Å². The Morgan fingerprint density at radius 1 is 0.921 bits per heavy atom. The third-order valence-electron chi connectivity index (χ3n) is 14.5. The molecule has 4 aliphatic carbocycles. The highest BCUT2D eigenvalue weighted by atomic mass is 35.5. The van der Waals surface area contributed by atoms with E-state index in [1.165, 1.54) is 24.3 Å². The van der Waals surface area contributed by atoms with Crippen molar-refractivity contribution in [2.45, 2.75) is 69.4 Å². The fourth-order valence-corrected chi connectivity index (χ4v) is 11.7. The van der Waals surface area contributed by atoms with Crippen LogP contribution in [0.1, 0.15) is 73.5 Å². The topological polar surface area (TPSA) is 170 Å². The molecule has 0 bridgehead atoms. The second kappa shape index (κ2) is 17.4. The molecule has 4 aliphatic rings. The van der Waals surface area contributed by atoms with Crippen LogP contribution in [0.5, 0.6) is 5.75 Å². The van der Waals surface area contributed by atoms with Gasteiger partial charge in [-0.1, -0.05) is 128 Å². The number of aliphatic hydroxyl groups is 3. The number of phenols is 1. The zero-order valence-corrected chi connectivity index (χ0v) is 36.1. The minimum Gasteiger partial charge on any atom is -0.507 e. The number of ketones is 2. The average molecular weight is 875 g/mol. The lowest BCUT2D eigenvalue weighted by atomic mass is 9.44. The summed E-state index contributed by atoms with van der Waals surface area (Å²) in [5.41, 5.74) is -2.54. The molecule has 0 saturated heterocycles. The number of nitrogens with zero attached hydrogens (tertiary/aromatic N) is 2. The summed E-state index contributed by atoms with van der Waals surface area (Å²) in [5.74, 6) is -3.43. The van der Waals surface area contributed by atoms with Crippen molar-refractivity contribution < 1.29 is 44.3 Å². The molecule has 0 unspecified atom stereocenters. The largest absolute Gasteiger partial charge is 0.507 e. The summed E-state index contributed by atoms with van der Waals surface area (Å²) in [4.78, 5) is 39.0. The van der Waals surface area contributed by atoms with E-state index in [-0.39, 0.29) is 29.4 Å². The number of benzene rings is 4. The van der Waals surface area contributed by atoms with Crippen molar-refractivity contribution in [3.63, 3.8) is 0 Å². The first-order valence-electron chi connectivity index (χ1n) is 21.0. The number of Topliss-reactive ketones (excluding diaryl/α,β-unsaturated/α-hetero) is 1. The molecule has 4 aromatic carbocycles. The second-order valence-electron chi connectivity index (χ2n) is 17.5. The molecule has 1 heterocycles. The molecule has 3 fully saturated rings. The lowest BCUT2D eigenvalue weighted by molar-refractivity contribution is -0.219. The molecule has 328 valence electrons. The molecule has 9 rings (SSSR count). The Bertz CT molecular complexity index is 2490. The Morgan fingerprint density at radius 3 is 2.08 bits per heavy atom. The average Bonchev–Trinajstić information content (AvgIpc) is 3.89. The van der Waals surface area contributed by atoms with E-state index in [4.69, 9.17) is 21.8 Å². The van der Waals surface area contributed by atoms with Gasteiger partial charge in [0.1, 0.15) is 29.1 Å². The van der Waals surface area contributed by atoms with Crippen LogP contribution < -0.4 is 0 Å². The van der Waals surface area contributed by atoms with E-state index in [9.17, 15) is 29.7 Å². The number of hydrogen-bond donors (Lipinski definition) is 5. The van der Waals surface area contributed by atoms with Gasteiger partial charge in [0.05, 0.1) is 12.4 Å². The summed E-state index contributed by atoms with van der Waals surface area (Å²) in [6, 6.07) is 34.6. The first kappa shape index (κ1) is 45.3. The molecule has 3 saturated carbocycles. The number of aromatic hydroxyl groups is 1. The predicted octanol–water partition coefficient (Wildman–Crippen LogP) is 8.36. The zero-order valence-electron chi connectivity index (χ0n) is 35.3. The van der Waals surface area contributed by atoms with E-state index >= 15 is 4.39 Å². The molecule has 10 nitrogen and oxygen atoms in total. The van der Waals surface area contributed by atoms with Gasteiger partial charge in [0.2, 0.25) is 0 Å². The number of para-hydroxylation sites is 1. The Morgan fingerprint density at radius 2 is 1.52 bits per heavy atom. The van der Waals surface area contributed by atoms with Gasteiger partial charge in [-0.2, -0.15) is 0 Å². The van der Waals surface area contributed by atoms with Crippen LogP contribution in [0.4, 0.5) is 4.39 Å². The van der Waals surface area contributed by atoms with E-state index < -0.39 is 63.9 Å². The van der Waals surface area contributed by atoms with Gasteiger partial charge in [-0.25, -0.2) is 14.2 Å². The van der Waals surface area contributed by atoms with Crippen molar-refractivity contribution in [2.75, 3.05) is 6.61 Å². The summed E-state index contributed by atoms with van der Waals surface area (Å²) < 4.78 is 19.0. The number of carboxylic acid groups (broad SMARTS) is 1. The third-order valence-corrected chi connectivity index (χ3v) is 14.8. The van der Waals surface area contributed by atoms with Gasteiger partial charge < -0.3 is 30.1 Å². The van der Waals surface area contributed by atoms with Crippen molar-refractivity contribution in [1.82, 2.24) is 9.55 Å². The van der Waals surface area contributed by atoms with Gasteiger partial charge in [-0.15, -0.1) is 0 Å². The molecule has 0 amide bonds. The fourth-order valence-electron chi connectivity index (χ4n) is 11.4. The van der Waals surface area contributed by atoms with Gasteiger partial charge >= 0.3 is 5.97 Å². The van der Waals surface area contributed by atoms with E-state index in [2.05, 4.69) is 64.1 Å². The number of halogens is 2.